The number of carbonyl (C=O) groups excluding carboxylic acids is 1. The number of para-hydroxylation sites is 2. The number of amides is 1. The van der Waals surface area contributed by atoms with E-state index in [4.69, 9.17) is 8.83 Å². The number of hydrogen-bond donors (Lipinski definition) is 0. The van der Waals surface area contributed by atoms with Crippen molar-refractivity contribution in [3.63, 3.8) is 0 Å². The van der Waals surface area contributed by atoms with Crippen LogP contribution >= 0.6 is 11.8 Å². The van der Waals surface area contributed by atoms with Crippen LogP contribution in [0.4, 0.5) is 11.4 Å². The van der Waals surface area contributed by atoms with Crippen LogP contribution in [0.2, 0.25) is 0 Å². The highest BCUT2D eigenvalue weighted by Gasteiger charge is 2.26. The zero-order valence-electron chi connectivity index (χ0n) is 18.6. The summed E-state index contributed by atoms with van der Waals surface area (Å²) in [6.45, 7) is 0. The maximum Gasteiger partial charge on any atom is 0.242 e. The highest BCUT2D eigenvalue weighted by atomic mass is 32.2. The van der Waals surface area contributed by atoms with Crippen molar-refractivity contribution >= 4 is 29.0 Å². The fourth-order valence-corrected chi connectivity index (χ4v) is 4.91. The maximum absolute atomic E-state index is 13.6. The summed E-state index contributed by atoms with van der Waals surface area (Å²) in [5.41, 5.74) is 5.15. The monoisotopic (exact) mass is 480 g/mol. The van der Waals surface area contributed by atoms with Gasteiger partial charge in [0, 0.05) is 0 Å². The molecule has 0 N–H and O–H groups in total. The molecule has 35 heavy (non-hydrogen) atoms. The number of rotatable bonds is 5. The van der Waals surface area contributed by atoms with Crippen molar-refractivity contribution in [3.8, 4) is 22.9 Å². The van der Waals surface area contributed by atoms with E-state index in [1.807, 2.05) is 41.3 Å². The molecule has 0 aliphatic carbocycles. The van der Waals surface area contributed by atoms with E-state index in [-0.39, 0.29) is 11.7 Å². The number of aromatic nitrogens is 3. The summed E-state index contributed by atoms with van der Waals surface area (Å²) in [7, 11) is 0. The van der Waals surface area contributed by atoms with Gasteiger partial charge in [0.15, 0.2) is 17.2 Å². The van der Waals surface area contributed by atoms with Crippen LogP contribution in [-0.2, 0) is 17.6 Å². The van der Waals surface area contributed by atoms with Gasteiger partial charge in [0.05, 0.1) is 29.7 Å². The maximum atomic E-state index is 13.6. The normalized spacial score (nSPS) is 12.6. The van der Waals surface area contributed by atoms with E-state index in [1.165, 1.54) is 11.8 Å². The SMILES string of the molecule is O=C(CSc1nnc(-c2ccco2)c(-c2ccco2)n1)N1c2ccccc2CCc2ccccc21. The number of furan rings is 2. The lowest BCUT2D eigenvalue weighted by molar-refractivity contribution is -0.115. The molecule has 0 saturated heterocycles. The van der Waals surface area contributed by atoms with Crippen molar-refractivity contribution in [2.24, 2.45) is 0 Å². The number of hydrogen-bond acceptors (Lipinski definition) is 7. The van der Waals surface area contributed by atoms with E-state index in [9.17, 15) is 4.79 Å². The Bertz CT molecular complexity index is 1430. The van der Waals surface area contributed by atoms with Crippen molar-refractivity contribution in [3.05, 3.63) is 96.4 Å². The minimum atomic E-state index is -0.0462. The second-order valence-electron chi connectivity index (χ2n) is 8.02. The third-order valence-electron chi connectivity index (χ3n) is 5.88. The number of thioether (sulfide) groups is 1. The van der Waals surface area contributed by atoms with Crippen LogP contribution in [0.25, 0.3) is 22.9 Å². The van der Waals surface area contributed by atoms with E-state index in [0.29, 0.717) is 28.1 Å². The zero-order valence-corrected chi connectivity index (χ0v) is 19.4. The largest absolute Gasteiger partial charge is 0.463 e. The third kappa shape index (κ3) is 4.13. The minimum absolute atomic E-state index is 0.0462. The predicted octanol–water partition coefficient (Wildman–Crippen LogP) is 5.95. The van der Waals surface area contributed by atoms with Gasteiger partial charge in [0.25, 0.3) is 0 Å². The van der Waals surface area contributed by atoms with Gasteiger partial charge in [-0.15, -0.1) is 10.2 Å². The van der Waals surface area contributed by atoms with Gasteiger partial charge < -0.3 is 8.83 Å². The van der Waals surface area contributed by atoms with Crippen LogP contribution in [0, 0.1) is 0 Å². The number of nitrogens with zero attached hydrogens (tertiary/aromatic N) is 4. The Labute approximate surface area is 205 Å². The first-order chi connectivity index (χ1) is 17.3. The third-order valence-corrected chi connectivity index (χ3v) is 6.70. The number of aryl methyl sites for hydroxylation is 2. The lowest BCUT2D eigenvalue weighted by atomic mass is 10.0. The van der Waals surface area contributed by atoms with E-state index < -0.39 is 0 Å². The van der Waals surface area contributed by atoms with Gasteiger partial charge in [-0.2, -0.15) is 0 Å². The molecule has 1 aliphatic heterocycles. The van der Waals surface area contributed by atoms with Crippen LogP contribution in [0.1, 0.15) is 11.1 Å². The fraction of sp³-hybridized carbons (Fsp3) is 0.111. The molecule has 8 heteroatoms. The molecule has 0 radical (unpaired) electrons. The van der Waals surface area contributed by atoms with E-state index in [2.05, 4.69) is 27.3 Å². The molecule has 2 aromatic carbocycles. The molecule has 0 bridgehead atoms. The number of fused-ring (bicyclic) bond motifs is 2. The van der Waals surface area contributed by atoms with E-state index in [1.54, 1.807) is 36.8 Å². The number of anilines is 2. The van der Waals surface area contributed by atoms with Crippen LogP contribution in [0.5, 0.6) is 0 Å². The molecule has 172 valence electrons. The Hall–Kier alpha value is -4.17. The molecule has 6 rings (SSSR count). The van der Waals surface area contributed by atoms with Crippen molar-refractivity contribution in [2.45, 2.75) is 18.0 Å². The molecule has 3 aromatic heterocycles. The summed E-state index contributed by atoms with van der Waals surface area (Å²) in [5.74, 6) is 1.20. The van der Waals surface area contributed by atoms with Crippen molar-refractivity contribution < 1.29 is 13.6 Å². The van der Waals surface area contributed by atoms with Crippen molar-refractivity contribution in [2.75, 3.05) is 10.7 Å². The molecule has 0 fully saturated rings. The smallest absolute Gasteiger partial charge is 0.242 e. The van der Waals surface area contributed by atoms with Gasteiger partial charge in [-0.25, -0.2) is 4.98 Å². The summed E-state index contributed by atoms with van der Waals surface area (Å²) in [4.78, 5) is 20.1. The minimum Gasteiger partial charge on any atom is -0.463 e. The van der Waals surface area contributed by atoms with Gasteiger partial charge in [0.2, 0.25) is 11.1 Å². The van der Waals surface area contributed by atoms with Gasteiger partial charge in [-0.3, -0.25) is 9.69 Å². The first-order valence-corrected chi connectivity index (χ1v) is 12.2. The molecule has 0 spiro atoms. The molecule has 0 atom stereocenters. The van der Waals surface area contributed by atoms with Gasteiger partial charge in [-0.05, 0) is 60.4 Å². The average Bonchev–Trinajstić information content (AvgIpc) is 3.60. The number of carbonyl (C=O) groups is 1. The molecule has 0 unspecified atom stereocenters. The van der Waals surface area contributed by atoms with Crippen LogP contribution in [0.15, 0.2) is 99.3 Å². The van der Waals surface area contributed by atoms with Crippen LogP contribution in [-0.4, -0.2) is 26.8 Å². The molecular weight excluding hydrogens is 460 g/mol. The summed E-state index contributed by atoms with van der Waals surface area (Å²) in [6, 6.07) is 23.3. The van der Waals surface area contributed by atoms with Crippen molar-refractivity contribution in [1.29, 1.82) is 0 Å². The predicted molar refractivity (Wildman–Crippen MR) is 133 cm³/mol. The van der Waals surface area contributed by atoms with Crippen LogP contribution in [0.3, 0.4) is 0 Å². The summed E-state index contributed by atoms with van der Waals surface area (Å²) in [6.07, 6.45) is 4.92. The Morgan fingerprint density at radius 3 is 1.97 bits per heavy atom. The average molecular weight is 481 g/mol. The van der Waals surface area contributed by atoms with E-state index in [0.717, 1.165) is 35.3 Å². The van der Waals surface area contributed by atoms with Gasteiger partial charge >= 0.3 is 0 Å². The molecular formula is C27H20N4O3S. The van der Waals surface area contributed by atoms with Crippen LogP contribution < -0.4 is 4.90 Å². The summed E-state index contributed by atoms with van der Waals surface area (Å²) < 4.78 is 11.1. The quantitative estimate of drug-likeness (QED) is 0.288. The Kier molecular flexibility index (Phi) is 5.64. The highest BCUT2D eigenvalue weighted by molar-refractivity contribution is 7.99. The van der Waals surface area contributed by atoms with E-state index >= 15 is 0 Å². The topological polar surface area (TPSA) is 85.3 Å². The second kappa shape index (κ2) is 9.23. The van der Waals surface area contributed by atoms with Crippen molar-refractivity contribution in [1.82, 2.24) is 15.2 Å². The first kappa shape index (κ1) is 21.4. The number of benzene rings is 2. The molecule has 4 heterocycles. The standard InChI is InChI=1S/C27H20N4O3S/c32-24(31-20-9-3-1-7-18(20)13-14-19-8-2-4-10-21(19)31)17-35-27-28-25(22-11-5-15-33-22)26(29-30-27)23-12-6-16-34-23/h1-12,15-16H,13-14,17H2. The zero-order chi connectivity index (χ0) is 23.6. The Morgan fingerprint density at radius 2 is 1.37 bits per heavy atom. The summed E-state index contributed by atoms with van der Waals surface area (Å²) in [5, 5.41) is 8.99. The Balaban J connectivity index is 1.31. The molecule has 1 amide bonds. The lowest BCUT2D eigenvalue weighted by Gasteiger charge is -2.24. The lowest BCUT2D eigenvalue weighted by Crippen LogP contribution is -2.28. The molecule has 5 aromatic rings. The van der Waals surface area contributed by atoms with Gasteiger partial charge in [0.1, 0.15) is 5.69 Å². The fourth-order valence-electron chi connectivity index (χ4n) is 4.28. The molecule has 0 saturated carbocycles. The molecule has 7 nitrogen and oxygen atoms in total. The second-order valence-corrected chi connectivity index (χ2v) is 8.96. The first-order valence-electron chi connectivity index (χ1n) is 11.2. The Morgan fingerprint density at radius 1 is 0.771 bits per heavy atom. The van der Waals surface area contributed by atoms with Gasteiger partial charge in [-0.1, -0.05) is 48.2 Å². The summed E-state index contributed by atoms with van der Waals surface area (Å²) >= 11 is 1.25. The molecule has 1 aliphatic rings. The highest BCUT2D eigenvalue weighted by Crippen LogP contribution is 2.37.